The first-order valence-electron chi connectivity index (χ1n) is 11.4. The summed E-state index contributed by atoms with van der Waals surface area (Å²) in [6.07, 6.45) is 1.30. The van der Waals surface area contributed by atoms with E-state index < -0.39 is 6.10 Å². The Kier molecular flexibility index (Phi) is 7.32. The summed E-state index contributed by atoms with van der Waals surface area (Å²) in [6, 6.07) is 7.76. The van der Waals surface area contributed by atoms with Crippen molar-refractivity contribution in [3.05, 3.63) is 36.0 Å². The van der Waals surface area contributed by atoms with Crippen LogP contribution in [0.5, 0.6) is 11.5 Å². The summed E-state index contributed by atoms with van der Waals surface area (Å²) in [7, 11) is 3.42. The van der Waals surface area contributed by atoms with E-state index in [1.165, 1.54) is 0 Å². The van der Waals surface area contributed by atoms with Crippen molar-refractivity contribution < 1.29 is 19.3 Å². The summed E-state index contributed by atoms with van der Waals surface area (Å²) in [5.74, 6) is 2.56. The summed E-state index contributed by atoms with van der Waals surface area (Å²) in [5, 5.41) is 17.6. The lowest BCUT2D eigenvalue weighted by Crippen LogP contribution is -2.37. The van der Waals surface area contributed by atoms with E-state index in [9.17, 15) is 5.11 Å². The number of aromatic nitrogens is 3. The lowest BCUT2D eigenvalue weighted by atomic mass is 10.1. The number of ether oxygens (including phenoxy) is 3. The summed E-state index contributed by atoms with van der Waals surface area (Å²) < 4.78 is 18.9. The molecule has 1 aliphatic heterocycles. The Morgan fingerprint density at radius 1 is 1.15 bits per heavy atom. The molecular formula is C24H33N5O4. The van der Waals surface area contributed by atoms with E-state index in [0.717, 1.165) is 41.4 Å². The maximum Gasteiger partial charge on any atom is 0.161 e. The van der Waals surface area contributed by atoms with Crippen LogP contribution in [-0.4, -0.2) is 79.4 Å². The summed E-state index contributed by atoms with van der Waals surface area (Å²) >= 11 is 0. The summed E-state index contributed by atoms with van der Waals surface area (Å²) in [4.78, 5) is 7.28. The highest BCUT2D eigenvalue weighted by Gasteiger charge is 2.20. The molecule has 2 aromatic heterocycles. The zero-order valence-corrected chi connectivity index (χ0v) is 19.7. The molecule has 33 heavy (non-hydrogen) atoms. The van der Waals surface area contributed by atoms with Gasteiger partial charge in [0.2, 0.25) is 0 Å². The van der Waals surface area contributed by atoms with E-state index in [1.54, 1.807) is 14.2 Å². The van der Waals surface area contributed by atoms with E-state index in [2.05, 4.69) is 35.2 Å². The number of hydrogen-bond donors (Lipinski definition) is 2. The van der Waals surface area contributed by atoms with Crippen LogP contribution in [0.2, 0.25) is 0 Å². The van der Waals surface area contributed by atoms with Crippen molar-refractivity contribution in [3.8, 4) is 22.8 Å². The molecule has 1 saturated heterocycles. The Balaban J connectivity index is 1.78. The number of aliphatic hydroxyl groups excluding tert-OH is 1. The zero-order chi connectivity index (χ0) is 23.4. The van der Waals surface area contributed by atoms with Gasteiger partial charge in [-0.1, -0.05) is 13.8 Å². The molecule has 9 heteroatoms. The largest absolute Gasteiger partial charge is 0.497 e. The molecule has 3 heterocycles. The van der Waals surface area contributed by atoms with Crippen LogP contribution in [0.3, 0.4) is 0 Å². The molecule has 9 nitrogen and oxygen atoms in total. The highest BCUT2D eigenvalue weighted by atomic mass is 16.5. The topological polar surface area (TPSA) is 93.4 Å². The molecule has 0 saturated carbocycles. The zero-order valence-electron chi connectivity index (χ0n) is 19.7. The lowest BCUT2D eigenvalue weighted by Gasteiger charge is -2.29. The molecule has 2 N–H and O–H groups in total. The van der Waals surface area contributed by atoms with E-state index in [1.807, 2.05) is 28.9 Å². The van der Waals surface area contributed by atoms with Crippen molar-refractivity contribution in [3.63, 3.8) is 0 Å². The van der Waals surface area contributed by atoms with Crippen molar-refractivity contribution in [2.75, 3.05) is 58.5 Å². The number of nitrogens with one attached hydrogen (secondary N) is 1. The average molecular weight is 456 g/mol. The van der Waals surface area contributed by atoms with Crippen LogP contribution in [0.4, 0.5) is 5.82 Å². The minimum absolute atomic E-state index is 0.180. The number of likely N-dealkylation sites (N-methyl/N-ethyl adjacent to an activating group) is 1. The summed E-state index contributed by atoms with van der Waals surface area (Å²) in [6.45, 7) is 7.89. The van der Waals surface area contributed by atoms with Crippen molar-refractivity contribution in [1.82, 2.24) is 19.9 Å². The van der Waals surface area contributed by atoms with Gasteiger partial charge in [0, 0.05) is 42.9 Å². The first-order valence-corrected chi connectivity index (χ1v) is 11.4. The molecule has 1 aromatic carbocycles. The number of fused-ring (bicyclic) bond motifs is 1. The van der Waals surface area contributed by atoms with Crippen molar-refractivity contribution in [2.24, 2.45) is 0 Å². The average Bonchev–Trinajstić information content (AvgIpc) is 3.27. The number of aliphatic hydroxyl groups is 1. The number of nitrogens with zero attached hydrogens (tertiary/aromatic N) is 4. The fourth-order valence-electron chi connectivity index (χ4n) is 3.94. The van der Waals surface area contributed by atoms with Gasteiger partial charge < -0.3 is 29.5 Å². The second-order valence-corrected chi connectivity index (χ2v) is 8.51. The van der Waals surface area contributed by atoms with Gasteiger partial charge in [-0.25, -0.2) is 4.98 Å². The number of rotatable bonds is 9. The van der Waals surface area contributed by atoms with Crippen molar-refractivity contribution in [1.29, 1.82) is 0 Å². The number of hydrogen-bond acceptors (Lipinski definition) is 8. The van der Waals surface area contributed by atoms with Gasteiger partial charge >= 0.3 is 0 Å². The van der Waals surface area contributed by atoms with Crippen LogP contribution < -0.4 is 19.7 Å². The molecule has 1 fully saturated rings. The highest BCUT2D eigenvalue weighted by molar-refractivity contribution is 5.71. The van der Waals surface area contributed by atoms with Crippen LogP contribution in [0.1, 0.15) is 25.3 Å². The maximum absolute atomic E-state index is 10.0. The molecule has 3 aromatic rings. The molecule has 0 unspecified atom stereocenters. The van der Waals surface area contributed by atoms with Crippen LogP contribution in [0.25, 0.3) is 16.9 Å². The maximum atomic E-state index is 10.0. The molecular weight excluding hydrogens is 422 g/mol. The van der Waals surface area contributed by atoms with Crippen LogP contribution in [-0.2, 0) is 4.74 Å². The lowest BCUT2D eigenvalue weighted by molar-refractivity contribution is 0.108. The molecule has 0 spiro atoms. The van der Waals surface area contributed by atoms with E-state index in [-0.39, 0.29) is 6.61 Å². The van der Waals surface area contributed by atoms with Gasteiger partial charge in [-0.15, -0.1) is 0 Å². The van der Waals surface area contributed by atoms with Crippen LogP contribution in [0, 0.1) is 0 Å². The van der Waals surface area contributed by atoms with Gasteiger partial charge in [0.05, 0.1) is 32.2 Å². The molecule has 0 bridgehead atoms. The van der Waals surface area contributed by atoms with Crippen LogP contribution in [0.15, 0.2) is 30.5 Å². The predicted octanol–water partition coefficient (Wildman–Crippen LogP) is 2.32. The van der Waals surface area contributed by atoms with E-state index >= 15 is 0 Å². The molecule has 0 aliphatic carbocycles. The number of anilines is 1. The molecule has 0 radical (unpaired) electrons. The Labute approximate surface area is 194 Å². The first kappa shape index (κ1) is 23.3. The fraction of sp³-hybridized carbons (Fsp3) is 0.500. The van der Waals surface area contributed by atoms with Crippen molar-refractivity contribution in [2.45, 2.75) is 25.9 Å². The van der Waals surface area contributed by atoms with Gasteiger partial charge in [-0.2, -0.15) is 9.61 Å². The molecule has 0 amide bonds. The third kappa shape index (κ3) is 5.21. The fourth-order valence-corrected chi connectivity index (χ4v) is 3.94. The van der Waals surface area contributed by atoms with E-state index in [0.29, 0.717) is 37.2 Å². The smallest absolute Gasteiger partial charge is 0.161 e. The quantitative estimate of drug-likeness (QED) is 0.508. The van der Waals surface area contributed by atoms with Gasteiger partial charge in [0.25, 0.3) is 0 Å². The molecule has 178 valence electrons. The number of morpholine rings is 1. The first-order chi connectivity index (χ1) is 16.0. The predicted molar refractivity (Wildman–Crippen MR) is 128 cm³/mol. The number of methoxy groups -OCH3 is 1. The molecule has 1 atom stereocenters. The Bertz CT molecular complexity index is 1080. The Morgan fingerprint density at radius 3 is 2.61 bits per heavy atom. The third-order valence-electron chi connectivity index (χ3n) is 5.73. The summed E-state index contributed by atoms with van der Waals surface area (Å²) in [5.41, 5.74) is 3.63. The van der Waals surface area contributed by atoms with E-state index in [4.69, 9.17) is 19.2 Å². The minimum atomic E-state index is -0.604. The highest BCUT2D eigenvalue weighted by Crippen LogP contribution is 2.33. The van der Waals surface area contributed by atoms with Crippen molar-refractivity contribution >= 4 is 11.5 Å². The van der Waals surface area contributed by atoms with Gasteiger partial charge in [0.1, 0.15) is 30.0 Å². The van der Waals surface area contributed by atoms with Gasteiger partial charge in [-0.05, 0) is 25.1 Å². The SMILES string of the molecule is CNC[C@H](O)COc1cc(OC)cc(-c2cc(N3CCOCC3)n3ncc(C(C)C)c3n2)c1. The number of benzene rings is 1. The Hall–Kier alpha value is -2.88. The minimum Gasteiger partial charge on any atom is -0.497 e. The second kappa shape index (κ2) is 10.4. The standard InChI is InChI=1S/C24H33N5O4/c1-16(2)21-14-26-29-23(28-5-7-32-8-6-28)12-22(27-24(21)29)17-9-19(31-4)11-20(10-17)33-15-18(30)13-25-3/h9-12,14,16,18,25,30H,5-8,13,15H2,1-4H3/t18-/m0/s1. The third-order valence-corrected chi connectivity index (χ3v) is 5.73. The van der Waals surface area contributed by atoms with Crippen LogP contribution >= 0.6 is 0 Å². The molecule has 1 aliphatic rings. The van der Waals surface area contributed by atoms with Gasteiger partial charge in [0.15, 0.2) is 5.65 Å². The monoisotopic (exact) mass is 455 g/mol. The van der Waals surface area contributed by atoms with Gasteiger partial charge in [-0.3, -0.25) is 0 Å². The second-order valence-electron chi connectivity index (χ2n) is 8.51. The molecule has 4 rings (SSSR count). The normalized spacial score (nSPS) is 15.3. The Morgan fingerprint density at radius 2 is 1.91 bits per heavy atom.